The van der Waals surface area contributed by atoms with Crippen molar-refractivity contribution in [3.05, 3.63) is 46.2 Å². The van der Waals surface area contributed by atoms with Crippen LogP contribution in [0, 0.1) is 0 Å². The predicted octanol–water partition coefficient (Wildman–Crippen LogP) is 1.97. The molecule has 1 amide bonds. The molecule has 1 aromatic carbocycles. The van der Waals surface area contributed by atoms with Gasteiger partial charge in [-0.2, -0.15) is 5.10 Å². The van der Waals surface area contributed by atoms with Gasteiger partial charge in [-0.1, -0.05) is 23.2 Å². The first-order valence-electron chi connectivity index (χ1n) is 6.44. The number of carbonyl (C=O) groups excluding carboxylic acids is 2. The Balaban J connectivity index is 1.95. The van der Waals surface area contributed by atoms with Gasteiger partial charge in [0, 0.05) is 24.3 Å². The van der Waals surface area contributed by atoms with Crippen LogP contribution in [0.4, 0.5) is 5.69 Å². The van der Waals surface area contributed by atoms with E-state index in [4.69, 9.17) is 23.2 Å². The van der Waals surface area contributed by atoms with E-state index < -0.39 is 5.97 Å². The zero-order chi connectivity index (χ0) is 16.1. The molecule has 0 fully saturated rings. The van der Waals surface area contributed by atoms with E-state index in [0.29, 0.717) is 34.3 Å². The zero-order valence-corrected chi connectivity index (χ0v) is 12.9. The maximum atomic E-state index is 12.1. The molecule has 22 heavy (non-hydrogen) atoms. The lowest BCUT2D eigenvalue weighted by atomic mass is 10.2. The summed E-state index contributed by atoms with van der Waals surface area (Å²) < 4.78 is 1.55. The summed E-state index contributed by atoms with van der Waals surface area (Å²) in [5.74, 6) is -1.44. The monoisotopic (exact) mass is 340 g/mol. The number of benzene rings is 1. The molecule has 0 saturated heterocycles. The van der Waals surface area contributed by atoms with E-state index in [1.165, 1.54) is 12.3 Å². The van der Waals surface area contributed by atoms with Gasteiger partial charge in [0.05, 0.1) is 21.9 Å². The molecule has 2 rings (SSSR count). The molecule has 0 aliphatic rings. The van der Waals surface area contributed by atoms with Gasteiger partial charge < -0.3 is 15.2 Å². The lowest BCUT2D eigenvalue weighted by Crippen LogP contribution is -2.22. The molecule has 0 aliphatic heterocycles. The van der Waals surface area contributed by atoms with Crippen LogP contribution < -0.4 is 10.4 Å². The summed E-state index contributed by atoms with van der Waals surface area (Å²) in [5.41, 5.74) is 0.878. The number of nitrogens with zero attached hydrogens (tertiary/aromatic N) is 2. The molecule has 6 nitrogen and oxygen atoms in total. The van der Waals surface area contributed by atoms with E-state index in [2.05, 4.69) is 10.4 Å². The number of aliphatic carboxylic acids is 1. The van der Waals surface area contributed by atoms with E-state index in [9.17, 15) is 14.7 Å². The normalized spacial score (nSPS) is 10.5. The SMILES string of the molecule is O=C([O-])CCCn1cc(NC(=O)c2ccc(Cl)c(Cl)c2)cn1. The summed E-state index contributed by atoms with van der Waals surface area (Å²) in [7, 11) is 0. The molecule has 0 aliphatic carbocycles. The number of rotatable bonds is 6. The number of aryl methyl sites for hydroxylation is 1. The van der Waals surface area contributed by atoms with Crippen LogP contribution in [0.25, 0.3) is 0 Å². The summed E-state index contributed by atoms with van der Waals surface area (Å²) in [4.78, 5) is 22.4. The Labute approximate surface area is 136 Å². The van der Waals surface area contributed by atoms with Crippen molar-refractivity contribution in [1.82, 2.24) is 9.78 Å². The Morgan fingerprint density at radius 3 is 2.73 bits per heavy atom. The number of hydrogen-bond acceptors (Lipinski definition) is 4. The highest BCUT2D eigenvalue weighted by atomic mass is 35.5. The van der Waals surface area contributed by atoms with Gasteiger partial charge in [-0.05, 0) is 31.0 Å². The van der Waals surface area contributed by atoms with Crippen LogP contribution in [0.15, 0.2) is 30.6 Å². The zero-order valence-electron chi connectivity index (χ0n) is 11.4. The lowest BCUT2D eigenvalue weighted by molar-refractivity contribution is -0.305. The predicted molar refractivity (Wildman–Crippen MR) is 80.9 cm³/mol. The average Bonchev–Trinajstić information content (AvgIpc) is 2.89. The van der Waals surface area contributed by atoms with Crippen LogP contribution in [0.5, 0.6) is 0 Å². The van der Waals surface area contributed by atoms with Gasteiger partial charge in [0.1, 0.15) is 0 Å². The Morgan fingerprint density at radius 1 is 1.27 bits per heavy atom. The second-order valence-corrected chi connectivity index (χ2v) is 5.37. The van der Waals surface area contributed by atoms with Gasteiger partial charge in [-0.15, -0.1) is 0 Å². The smallest absolute Gasteiger partial charge is 0.255 e. The Hall–Kier alpha value is -2.05. The van der Waals surface area contributed by atoms with Crippen LogP contribution in [0.1, 0.15) is 23.2 Å². The van der Waals surface area contributed by atoms with Crippen molar-refractivity contribution in [2.24, 2.45) is 0 Å². The average molecular weight is 341 g/mol. The molecule has 0 atom stereocenters. The second kappa shape index (κ2) is 7.29. The minimum Gasteiger partial charge on any atom is -0.550 e. The molecular formula is C14H12Cl2N3O3-. The Kier molecular flexibility index (Phi) is 5.41. The fourth-order valence-corrected chi connectivity index (χ4v) is 2.07. The summed E-state index contributed by atoms with van der Waals surface area (Å²) in [6, 6.07) is 4.58. The van der Waals surface area contributed by atoms with Gasteiger partial charge in [-0.25, -0.2) is 0 Å². The summed E-state index contributed by atoms with van der Waals surface area (Å²) >= 11 is 11.7. The minimum atomic E-state index is -1.10. The van der Waals surface area contributed by atoms with Gasteiger partial charge in [0.2, 0.25) is 0 Å². The van der Waals surface area contributed by atoms with E-state index in [1.807, 2.05) is 0 Å². The summed E-state index contributed by atoms with van der Waals surface area (Å²) in [5, 5.41) is 17.7. The van der Waals surface area contributed by atoms with Crippen LogP contribution in [-0.2, 0) is 11.3 Å². The molecule has 1 aromatic heterocycles. The molecule has 1 N–H and O–H groups in total. The molecule has 0 bridgehead atoms. The third-order valence-corrected chi connectivity index (χ3v) is 3.58. The first-order valence-corrected chi connectivity index (χ1v) is 7.20. The van der Waals surface area contributed by atoms with Gasteiger partial charge in [0.15, 0.2) is 0 Å². The van der Waals surface area contributed by atoms with Crippen molar-refractivity contribution < 1.29 is 14.7 Å². The fraction of sp³-hybridized carbons (Fsp3) is 0.214. The molecule has 0 spiro atoms. The van der Waals surface area contributed by atoms with Crippen molar-refractivity contribution in [2.75, 3.05) is 5.32 Å². The van der Waals surface area contributed by atoms with Gasteiger partial charge in [0.25, 0.3) is 5.91 Å². The maximum Gasteiger partial charge on any atom is 0.255 e. The number of amides is 1. The second-order valence-electron chi connectivity index (χ2n) is 4.55. The molecule has 0 saturated carbocycles. The number of carboxylic acids is 1. The van der Waals surface area contributed by atoms with Gasteiger partial charge >= 0.3 is 0 Å². The molecule has 116 valence electrons. The van der Waals surface area contributed by atoms with E-state index in [-0.39, 0.29) is 12.3 Å². The number of halogens is 2. The standard InChI is InChI=1S/C14H13Cl2N3O3/c15-11-4-3-9(6-12(11)16)14(22)18-10-7-17-19(8-10)5-1-2-13(20)21/h3-4,6-8H,1-2,5H2,(H,18,22)(H,20,21)/p-1. The number of anilines is 1. The van der Waals surface area contributed by atoms with Crippen molar-refractivity contribution >= 4 is 40.8 Å². The van der Waals surface area contributed by atoms with E-state index in [1.54, 1.807) is 23.0 Å². The van der Waals surface area contributed by atoms with Crippen LogP contribution in [0.2, 0.25) is 10.0 Å². The molecule has 8 heteroatoms. The first kappa shape index (κ1) is 16.3. The largest absolute Gasteiger partial charge is 0.550 e. The van der Waals surface area contributed by atoms with Crippen LogP contribution in [0.3, 0.4) is 0 Å². The lowest BCUT2D eigenvalue weighted by Gasteiger charge is -2.04. The molecule has 0 unspecified atom stereocenters. The Bertz CT molecular complexity index is 700. The third-order valence-electron chi connectivity index (χ3n) is 2.84. The quantitative estimate of drug-likeness (QED) is 0.870. The van der Waals surface area contributed by atoms with E-state index >= 15 is 0 Å². The third kappa shape index (κ3) is 4.47. The van der Waals surface area contributed by atoms with Crippen LogP contribution >= 0.6 is 23.2 Å². The topological polar surface area (TPSA) is 87.0 Å². The highest BCUT2D eigenvalue weighted by Gasteiger charge is 2.09. The number of carbonyl (C=O) groups is 2. The van der Waals surface area contributed by atoms with Crippen molar-refractivity contribution in [1.29, 1.82) is 0 Å². The minimum absolute atomic E-state index is 0.0369. The van der Waals surface area contributed by atoms with Crippen molar-refractivity contribution in [2.45, 2.75) is 19.4 Å². The first-order chi connectivity index (χ1) is 10.5. The highest BCUT2D eigenvalue weighted by molar-refractivity contribution is 6.42. The summed E-state index contributed by atoms with van der Waals surface area (Å²) in [6.07, 6.45) is 3.47. The summed E-state index contributed by atoms with van der Waals surface area (Å²) in [6.45, 7) is 0.427. The molecule has 0 radical (unpaired) electrons. The fourth-order valence-electron chi connectivity index (χ4n) is 1.78. The number of nitrogens with one attached hydrogen (secondary N) is 1. The highest BCUT2D eigenvalue weighted by Crippen LogP contribution is 2.23. The van der Waals surface area contributed by atoms with Gasteiger partial charge in [-0.3, -0.25) is 9.48 Å². The maximum absolute atomic E-state index is 12.1. The van der Waals surface area contributed by atoms with Crippen molar-refractivity contribution in [3.63, 3.8) is 0 Å². The number of carboxylic acid groups (broad SMARTS) is 1. The number of aromatic nitrogens is 2. The molecular weight excluding hydrogens is 329 g/mol. The Morgan fingerprint density at radius 2 is 2.05 bits per heavy atom. The van der Waals surface area contributed by atoms with Crippen molar-refractivity contribution in [3.8, 4) is 0 Å². The molecule has 1 heterocycles. The molecule has 2 aromatic rings. The van der Waals surface area contributed by atoms with Crippen LogP contribution in [-0.4, -0.2) is 21.7 Å². The number of hydrogen-bond donors (Lipinski definition) is 1. The van der Waals surface area contributed by atoms with E-state index in [0.717, 1.165) is 0 Å².